The summed E-state index contributed by atoms with van der Waals surface area (Å²) in [5.41, 5.74) is 2.01. The quantitative estimate of drug-likeness (QED) is 0.888. The fourth-order valence-electron chi connectivity index (χ4n) is 2.78. The Morgan fingerprint density at radius 1 is 1.32 bits per heavy atom. The first-order valence-corrected chi connectivity index (χ1v) is 9.45. The Labute approximate surface area is 152 Å². The van der Waals surface area contributed by atoms with Crippen LogP contribution in [-0.4, -0.2) is 46.3 Å². The monoisotopic (exact) mass is 360 g/mol. The molecule has 25 heavy (non-hydrogen) atoms. The van der Waals surface area contributed by atoms with Crippen LogP contribution in [0.3, 0.4) is 0 Å². The zero-order chi connectivity index (χ0) is 17.8. The number of rotatable bonds is 5. The highest BCUT2D eigenvalue weighted by Crippen LogP contribution is 2.19. The predicted octanol–water partition coefficient (Wildman–Crippen LogP) is 2.96. The third kappa shape index (κ3) is 4.62. The van der Waals surface area contributed by atoms with Crippen LogP contribution in [0, 0.1) is 0 Å². The van der Waals surface area contributed by atoms with Crippen molar-refractivity contribution in [2.24, 2.45) is 0 Å². The van der Waals surface area contributed by atoms with Crippen molar-refractivity contribution in [1.29, 1.82) is 0 Å². The van der Waals surface area contributed by atoms with Gasteiger partial charge in [0.05, 0.1) is 19.3 Å². The Morgan fingerprint density at radius 2 is 2.08 bits per heavy atom. The smallest absolute Gasteiger partial charge is 0.286 e. The second-order valence-electron chi connectivity index (χ2n) is 6.43. The van der Waals surface area contributed by atoms with E-state index in [0.29, 0.717) is 17.6 Å². The van der Waals surface area contributed by atoms with Crippen LogP contribution in [0.4, 0.5) is 5.69 Å². The number of nitrogens with zero attached hydrogens (tertiary/aromatic N) is 3. The van der Waals surface area contributed by atoms with Gasteiger partial charge in [-0.05, 0) is 38.0 Å². The lowest BCUT2D eigenvalue weighted by molar-refractivity contribution is -0.0527. The van der Waals surface area contributed by atoms with Crippen LogP contribution < -0.4 is 5.32 Å². The van der Waals surface area contributed by atoms with E-state index in [0.717, 1.165) is 30.3 Å². The molecular formula is C18H24N4O2S. The van der Waals surface area contributed by atoms with Crippen molar-refractivity contribution in [1.82, 2.24) is 15.1 Å². The minimum atomic E-state index is -0.212. The van der Waals surface area contributed by atoms with Gasteiger partial charge in [0.15, 0.2) is 0 Å². The Hall–Kier alpha value is -1.83. The minimum absolute atomic E-state index is 0.212. The maximum Gasteiger partial charge on any atom is 0.286 e. The normalized spacial score (nSPS) is 21.2. The van der Waals surface area contributed by atoms with Crippen LogP contribution >= 0.6 is 11.3 Å². The van der Waals surface area contributed by atoms with Gasteiger partial charge in [-0.3, -0.25) is 9.69 Å². The van der Waals surface area contributed by atoms with Crippen molar-refractivity contribution < 1.29 is 9.53 Å². The van der Waals surface area contributed by atoms with E-state index in [2.05, 4.69) is 41.2 Å². The molecule has 1 aromatic carbocycles. The second kappa shape index (κ2) is 8.03. The average molecular weight is 360 g/mol. The Kier molecular flexibility index (Phi) is 5.78. The predicted molar refractivity (Wildman–Crippen MR) is 99.0 cm³/mol. The van der Waals surface area contributed by atoms with Crippen LogP contribution in [0.1, 0.15) is 41.1 Å². The second-order valence-corrected chi connectivity index (χ2v) is 7.49. The number of nitrogens with one attached hydrogen (secondary N) is 1. The highest BCUT2D eigenvalue weighted by Gasteiger charge is 2.25. The SMILES string of the molecule is CCc1ccc(NC(=O)c2nnc(CN3CC(C)OCC3C)s2)cc1. The molecule has 6 nitrogen and oxygen atoms in total. The molecule has 0 saturated carbocycles. The third-order valence-corrected chi connectivity index (χ3v) is 5.26. The van der Waals surface area contributed by atoms with E-state index in [9.17, 15) is 4.79 Å². The molecule has 1 aromatic heterocycles. The van der Waals surface area contributed by atoms with Crippen LogP contribution in [0.15, 0.2) is 24.3 Å². The molecule has 2 atom stereocenters. The third-order valence-electron chi connectivity index (χ3n) is 4.36. The zero-order valence-corrected chi connectivity index (χ0v) is 15.7. The number of hydrogen-bond acceptors (Lipinski definition) is 6. The van der Waals surface area contributed by atoms with Crippen LogP contribution in [0.2, 0.25) is 0 Å². The zero-order valence-electron chi connectivity index (χ0n) is 14.9. The summed E-state index contributed by atoms with van der Waals surface area (Å²) in [7, 11) is 0. The van der Waals surface area contributed by atoms with Gasteiger partial charge in [-0.15, -0.1) is 10.2 Å². The molecule has 1 aliphatic heterocycles. The molecule has 1 fully saturated rings. The number of anilines is 1. The maximum absolute atomic E-state index is 12.4. The fraction of sp³-hybridized carbons (Fsp3) is 0.500. The molecular weight excluding hydrogens is 336 g/mol. The van der Waals surface area contributed by atoms with Gasteiger partial charge in [-0.2, -0.15) is 0 Å². The molecule has 2 aromatic rings. The molecule has 2 heterocycles. The highest BCUT2D eigenvalue weighted by atomic mass is 32.1. The topological polar surface area (TPSA) is 67.4 Å². The molecule has 2 unspecified atom stereocenters. The standard InChI is InChI=1S/C18H24N4O2S/c1-4-14-5-7-15(8-6-14)19-17(23)18-21-20-16(25-18)10-22-9-13(3)24-11-12(22)2/h5-8,12-13H,4,9-11H2,1-3H3,(H,19,23). The number of morpholine rings is 1. The fourth-order valence-corrected chi connectivity index (χ4v) is 3.54. The molecule has 1 saturated heterocycles. The molecule has 1 aliphatic rings. The van der Waals surface area contributed by atoms with Gasteiger partial charge in [-0.25, -0.2) is 0 Å². The molecule has 3 rings (SSSR count). The average Bonchev–Trinajstić information content (AvgIpc) is 3.07. The molecule has 0 aliphatic carbocycles. The number of benzene rings is 1. The van der Waals surface area contributed by atoms with Crippen molar-refractivity contribution in [2.75, 3.05) is 18.5 Å². The minimum Gasteiger partial charge on any atom is -0.376 e. The van der Waals surface area contributed by atoms with E-state index < -0.39 is 0 Å². The van der Waals surface area contributed by atoms with Crippen LogP contribution in [0.25, 0.3) is 0 Å². The summed E-state index contributed by atoms with van der Waals surface area (Å²) in [5, 5.41) is 12.4. The van der Waals surface area contributed by atoms with Crippen molar-refractivity contribution in [3.63, 3.8) is 0 Å². The van der Waals surface area contributed by atoms with Gasteiger partial charge in [-0.1, -0.05) is 30.4 Å². The Morgan fingerprint density at radius 3 is 2.80 bits per heavy atom. The number of ether oxygens (including phenoxy) is 1. The number of carbonyl (C=O) groups is 1. The molecule has 0 spiro atoms. The summed E-state index contributed by atoms with van der Waals surface area (Å²) in [6, 6.07) is 8.20. The lowest BCUT2D eigenvalue weighted by Gasteiger charge is -2.36. The van der Waals surface area contributed by atoms with Crippen molar-refractivity contribution in [2.45, 2.75) is 45.9 Å². The largest absolute Gasteiger partial charge is 0.376 e. The molecule has 1 N–H and O–H groups in total. The lowest BCUT2D eigenvalue weighted by Crippen LogP contribution is -2.46. The van der Waals surface area contributed by atoms with E-state index in [1.54, 1.807) is 0 Å². The summed E-state index contributed by atoms with van der Waals surface area (Å²) in [5.74, 6) is -0.212. The van der Waals surface area contributed by atoms with Gasteiger partial charge in [0, 0.05) is 18.3 Å². The van der Waals surface area contributed by atoms with Crippen LogP contribution in [0.5, 0.6) is 0 Å². The van der Waals surface area contributed by atoms with Gasteiger partial charge in [0.1, 0.15) is 5.01 Å². The number of aryl methyl sites for hydroxylation is 1. The Bertz CT molecular complexity index is 716. The first kappa shape index (κ1) is 18.0. The van der Waals surface area contributed by atoms with Gasteiger partial charge in [0.25, 0.3) is 5.91 Å². The summed E-state index contributed by atoms with van der Waals surface area (Å²) in [4.78, 5) is 14.7. The molecule has 7 heteroatoms. The highest BCUT2D eigenvalue weighted by molar-refractivity contribution is 7.13. The number of aromatic nitrogens is 2. The Balaban J connectivity index is 1.61. The molecule has 0 bridgehead atoms. The first-order valence-electron chi connectivity index (χ1n) is 8.63. The van der Waals surface area contributed by atoms with Gasteiger partial charge >= 0.3 is 0 Å². The molecule has 0 radical (unpaired) electrons. The van der Waals surface area contributed by atoms with Crippen LogP contribution in [-0.2, 0) is 17.7 Å². The number of carbonyl (C=O) groups excluding carboxylic acids is 1. The summed E-state index contributed by atoms with van der Waals surface area (Å²) in [6.45, 7) is 8.60. The van der Waals surface area contributed by atoms with Crippen molar-refractivity contribution >= 4 is 22.9 Å². The van der Waals surface area contributed by atoms with E-state index >= 15 is 0 Å². The number of amides is 1. The molecule has 1 amide bonds. The van der Waals surface area contributed by atoms with E-state index in [1.165, 1.54) is 16.9 Å². The maximum atomic E-state index is 12.4. The summed E-state index contributed by atoms with van der Waals surface area (Å²) in [6.07, 6.45) is 1.20. The van der Waals surface area contributed by atoms with Crippen molar-refractivity contribution in [3.05, 3.63) is 39.8 Å². The van der Waals surface area contributed by atoms with E-state index in [4.69, 9.17) is 4.74 Å². The lowest BCUT2D eigenvalue weighted by atomic mass is 10.1. The van der Waals surface area contributed by atoms with Gasteiger partial charge in [0.2, 0.25) is 5.01 Å². The molecule has 134 valence electrons. The summed E-state index contributed by atoms with van der Waals surface area (Å²) < 4.78 is 5.65. The van der Waals surface area contributed by atoms with E-state index in [-0.39, 0.29) is 12.0 Å². The van der Waals surface area contributed by atoms with Crippen molar-refractivity contribution in [3.8, 4) is 0 Å². The first-order chi connectivity index (χ1) is 12.0. The summed E-state index contributed by atoms with van der Waals surface area (Å²) >= 11 is 1.35. The number of hydrogen-bond donors (Lipinski definition) is 1. The van der Waals surface area contributed by atoms with Gasteiger partial charge < -0.3 is 10.1 Å². The van der Waals surface area contributed by atoms with E-state index in [1.807, 2.05) is 24.3 Å².